The molecule has 2 aromatic rings. The zero-order valence-corrected chi connectivity index (χ0v) is 14.9. The van der Waals surface area contributed by atoms with E-state index in [1.807, 2.05) is 51.1 Å². The maximum Gasteiger partial charge on any atom is 0.241 e. The second-order valence-electron chi connectivity index (χ2n) is 5.77. The van der Waals surface area contributed by atoms with Gasteiger partial charge < -0.3 is 5.32 Å². The molecule has 5 nitrogen and oxygen atoms in total. The first kappa shape index (κ1) is 18.2. The molecule has 0 radical (unpaired) electrons. The number of benzene rings is 2. The van der Waals surface area contributed by atoms with Gasteiger partial charge in [-0.3, -0.25) is 4.79 Å². The zero-order valence-electron chi connectivity index (χ0n) is 14.0. The van der Waals surface area contributed by atoms with Gasteiger partial charge in [0.15, 0.2) is 0 Å². The average Bonchev–Trinajstić information content (AvgIpc) is 2.56. The number of rotatable bonds is 6. The first-order valence-electron chi connectivity index (χ1n) is 7.71. The van der Waals surface area contributed by atoms with Crippen molar-refractivity contribution in [3.8, 4) is 0 Å². The third kappa shape index (κ3) is 4.66. The summed E-state index contributed by atoms with van der Waals surface area (Å²) in [4.78, 5) is 12.1. The Morgan fingerprint density at radius 2 is 1.71 bits per heavy atom. The molecule has 2 rings (SSSR count). The Kier molecular flexibility index (Phi) is 5.75. The SMILES string of the molecule is Cc1ccc(S(=O)(=O)NCC(=O)NC(C)c2ccccc2)cc1C. The Morgan fingerprint density at radius 3 is 2.33 bits per heavy atom. The van der Waals surface area contributed by atoms with Crippen molar-refractivity contribution in [2.24, 2.45) is 0 Å². The lowest BCUT2D eigenvalue weighted by Gasteiger charge is -2.15. The van der Waals surface area contributed by atoms with Gasteiger partial charge in [0, 0.05) is 0 Å². The Morgan fingerprint density at radius 1 is 1.04 bits per heavy atom. The molecular weight excluding hydrogens is 324 g/mol. The Labute approximate surface area is 143 Å². The third-order valence-electron chi connectivity index (χ3n) is 3.89. The Bertz CT molecular complexity index is 817. The second kappa shape index (κ2) is 7.59. The zero-order chi connectivity index (χ0) is 17.7. The van der Waals surface area contributed by atoms with E-state index in [0.29, 0.717) is 0 Å². The molecule has 0 saturated carbocycles. The standard InChI is InChI=1S/C18H22N2O3S/c1-13-9-10-17(11-14(13)2)24(22,23)19-12-18(21)20-15(3)16-7-5-4-6-8-16/h4-11,15,19H,12H2,1-3H3,(H,20,21). The number of hydrogen-bond acceptors (Lipinski definition) is 3. The van der Waals surface area contributed by atoms with Crippen LogP contribution >= 0.6 is 0 Å². The maximum absolute atomic E-state index is 12.3. The van der Waals surface area contributed by atoms with Crippen molar-refractivity contribution >= 4 is 15.9 Å². The van der Waals surface area contributed by atoms with Gasteiger partial charge in [-0.05, 0) is 49.6 Å². The second-order valence-corrected chi connectivity index (χ2v) is 7.54. The molecule has 0 heterocycles. The van der Waals surface area contributed by atoms with Crippen molar-refractivity contribution in [1.82, 2.24) is 10.0 Å². The Balaban J connectivity index is 1.96. The lowest BCUT2D eigenvalue weighted by atomic mass is 10.1. The fraction of sp³-hybridized carbons (Fsp3) is 0.278. The van der Waals surface area contributed by atoms with Crippen LogP contribution in [0.1, 0.15) is 29.7 Å². The summed E-state index contributed by atoms with van der Waals surface area (Å²) in [7, 11) is -3.71. The molecule has 0 bridgehead atoms. The number of amides is 1. The lowest BCUT2D eigenvalue weighted by molar-refractivity contribution is -0.120. The van der Waals surface area contributed by atoms with E-state index < -0.39 is 10.0 Å². The molecule has 24 heavy (non-hydrogen) atoms. The number of sulfonamides is 1. The van der Waals surface area contributed by atoms with E-state index in [2.05, 4.69) is 10.0 Å². The summed E-state index contributed by atoms with van der Waals surface area (Å²) in [5.74, 6) is -0.376. The van der Waals surface area contributed by atoms with E-state index in [-0.39, 0.29) is 23.4 Å². The summed E-state index contributed by atoms with van der Waals surface area (Å²) in [6, 6.07) is 14.2. The molecule has 2 N–H and O–H groups in total. The summed E-state index contributed by atoms with van der Waals surface area (Å²) in [6.45, 7) is 5.32. The van der Waals surface area contributed by atoms with Crippen molar-refractivity contribution in [3.05, 3.63) is 65.2 Å². The number of aryl methyl sites for hydroxylation is 2. The normalized spacial score (nSPS) is 12.6. The van der Waals surface area contributed by atoms with E-state index in [9.17, 15) is 13.2 Å². The summed E-state index contributed by atoms with van der Waals surface area (Å²) in [6.07, 6.45) is 0. The van der Waals surface area contributed by atoms with Crippen LogP contribution < -0.4 is 10.0 Å². The van der Waals surface area contributed by atoms with Crippen LogP contribution in [0.5, 0.6) is 0 Å². The molecule has 0 aliphatic heterocycles. The topological polar surface area (TPSA) is 75.3 Å². The molecular formula is C18H22N2O3S. The van der Waals surface area contributed by atoms with Gasteiger partial charge in [0.1, 0.15) is 0 Å². The minimum absolute atomic E-state index is 0.162. The van der Waals surface area contributed by atoms with Gasteiger partial charge in [-0.2, -0.15) is 0 Å². The fourth-order valence-electron chi connectivity index (χ4n) is 2.24. The molecule has 0 aliphatic carbocycles. The molecule has 0 aromatic heterocycles. The van der Waals surface area contributed by atoms with Gasteiger partial charge in [0.05, 0.1) is 17.5 Å². The molecule has 128 valence electrons. The van der Waals surface area contributed by atoms with Gasteiger partial charge in [-0.1, -0.05) is 36.4 Å². The van der Waals surface area contributed by atoms with Crippen LogP contribution in [0.25, 0.3) is 0 Å². The monoisotopic (exact) mass is 346 g/mol. The molecule has 1 unspecified atom stereocenters. The van der Waals surface area contributed by atoms with E-state index in [1.54, 1.807) is 12.1 Å². The number of carbonyl (C=O) groups is 1. The number of carbonyl (C=O) groups excluding carboxylic acids is 1. The lowest BCUT2D eigenvalue weighted by Crippen LogP contribution is -2.38. The summed E-state index contributed by atoms with van der Waals surface area (Å²) in [5.41, 5.74) is 2.87. The highest BCUT2D eigenvalue weighted by molar-refractivity contribution is 7.89. The smallest absolute Gasteiger partial charge is 0.241 e. The van der Waals surface area contributed by atoms with Crippen molar-refractivity contribution < 1.29 is 13.2 Å². The molecule has 0 fully saturated rings. The van der Waals surface area contributed by atoms with Crippen molar-refractivity contribution in [2.45, 2.75) is 31.7 Å². The molecule has 1 amide bonds. The van der Waals surface area contributed by atoms with Crippen LogP contribution in [-0.4, -0.2) is 20.9 Å². The van der Waals surface area contributed by atoms with Crippen LogP contribution in [0.2, 0.25) is 0 Å². The van der Waals surface area contributed by atoms with Gasteiger partial charge in [-0.25, -0.2) is 13.1 Å². The van der Waals surface area contributed by atoms with Crippen LogP contribution in [0.4, 0.5) is 0 Å². The van der Waals surface area contributed by atoms with Crippen LogP contribution in [-0.2, 0) is 14.8 Å². The van der Waals surface area contributed by atoms with E-state index in [0.717, 1.165) is 16.7 Å². The first-order valence-corrected chi connectivity index (χ1v) is 9.19. The van der Waals surface area contributed by atoms with Crippen molar-refractivity contribution in [2.75, 3.05) is 6.54 Å². The number of nitrogens with one attached hydrogen (secondary N) is 2. The highest BCUT2D eigenvalue weighted by atomic mass is 32.2. The molecule has 0 spiro atoms. The predicted molar refractivity (Wildman–Crippen MR) is 94.1 cm³/mol. The van der Waals surface area contributed by atoms with Gasteiger partial charge in [-0.15, -0.1) is 0 Å². The van der Waals surface area contributed by atoms with Gasteiger partial charge in [0.2, 0.25) is 15.9 Å². The largest absolute Gasteiger partial charge is 0.348 e. The molecule has 1 atom stereocenters. The minimum Gasteiger partial charge on any atom is -0.348 e. The van der Waals surface area contributed by atoms with Crippen LogP contribution in [0.15, 0.2) is 53.4 Å². The van der Waals surface area contributed by atoms with Crippen molar-refractivity contribution in [1.29, 1.82) is 0 Å². The quantitative estimate of drug-likeness (QED) is 0.844. The van der Waals surface area contributed by atoms with E-state index >= 15 is 0 Å². The number of hydrogen-bond donors (Lipinski definition) is 2. The maximum atomic E-state index is 12.3. The molecule has 2 aromatic carbocycles. The summed E-state index contributed by atoms with van der Waals surface area (Å²) in [5, 5.41) is 2.77. The first-order chi connectivity index (χ1) is 11.3. The van der Waals surface area contributed by atoms with E-state index in [1.165, 1.54) is 6.07 Å². The highest BCUT2D eigenvalue weighted by Gasteiger charge is 2.17. The molecule has 6 heteroatoms. The van der Waals surface area contributed by atoms with Crippen LogP contribution in [0, 0.1) is 13.8 Å². The molecule has 0 aliphatic rings. The predicted octanol–water partition coefficient (Wildman–Crippen LogP) is 2.46. The summed E-state index contributed by atoms with van der Waals surface area (Å²) >= 11 is 0. The third-order valence-corrected chi connectivity index (χ3v) is 5.29. The summed E-state index contributed by atoms with van der Waals surface area (Å²) < 4.78 is 26.9. The Hall–Kier alpha value is -2.18. The van der Waals surface area contributed by atoms with Gasteiger partial charge in [0.25, 0.3) is 0 Å². The minimum atomic E-state index is -3.71. The molecule has 0 saturated heterocycles. The van der Waals surface area contributed by atoms with Crippen molar-refractivity contribution in [3.63, 3.8) is 0 Å². The highest BCUT2D eigenvalue weighted by Crippen LogP contribution is 2.14. The fourth-order valence-corrected chi connectivity index (χ4v) is 3.31. The van der Waals surface area contributed by atoms with Crippen LogP contribution in [0.3, 0.4) is 0 Å². The van der Waals surface area contributed by atoms with E-state index in [4.69, 9.17) is 0 Å². The average molecular weight is 346 g/mol. The van der Waals surface area contributed by atoms with Gasteiger partial charge >= 0.3 is 0 Å².